The second-order valence-corrected chi connectivity index (χ2v) is 7.37. The highest BCUT2D eigenvalue weighted by Gasteiger charge is 2.25. The molecule has 0 unspecified atom stereocenters. The molecular weight excluding hydrogens is 381 g/mol. The van der Waals surface area contributed by atoms with E-state index >= 15 is 0 Å². The van der Waals surface area contributed by atoms with Gasteiger partial charge in [-0.1, -0.05) is 11.2 Å². The Morgan fingerprint density at radius 1 is 1.26 bits per heavy atom. The number of carbonyl (C=O) groups excluding carboxylic acids is 2. The fraction of sp³-hybridized carbons (Fsp3) is 0.312. The summed E-state index contributed by atoms with van der Waals surface area (Å²) in [5, 5.41) is 5.78. The number of hydrogen-bond donors (Lipinski definition) is 2. The average Bonchev–Trinajstić information content (AvgIpc) is 2.93. The molecule has 11 heteroatoms. The number of aryl methyl sites for hydroxylation is 3. The Balaban J connectivity index is 1.84. The number of halogens is 1. The van der Waals surface area contributed by atoms with Gasteiger partial charge >= 0.3 is 5.97 Å². The van der Waals surface area contributed by atoms with Gasteiger partial charge in [-0.2, -0.15) is 4.72 Å². The second-order valence-electron chi connectivity index (χ2n) is 5.67. The van der Waals surface area contributed by atoms with Crippen LogP contribution in [0.25, 0.3) is 0 Å². The SMILES string of the molecule is Cc1ccc(NC(=O)COC(=O)CNS(=O)(=O)c2c(C)noc2C)c(F)c1. The molecule has 1 amide bonds. The topological polar surface area (TPSA) is 128 Å². The summed E-state index contributed by atoms with van der Waals surface area (Å²) in [5.41, 5.74) is 0.774. The smallest absolute Gasteiger partial charge is 0.321 e. The summed E-state index contributed by atoms with van der Waals surface area (Å²) in [6.07, 6.45) is 0. The van der Waals surface area contributed by atoms with Crippen LogP contribution in [-0.4, -0.2) is 38.6 Å². The number of anilines is 1. The summed E-state index contributed by atoms with van der Waals surface area (Å²) in [5.74, 6) is -2.29. The molecule has 1 heterocycles. The maximum atomic E-state index is 13.6. The van der Waals surface area contributed by atoms with E-state index in [4.69, 9.17) is 4.52 Å². The number of rotatable bonds is 7. The molecule has 1 aromatic carbocycles. The van der Waals surface area contributed by atoms with Crippen LogP contribution in [0.2, 0.25) is 0 Å². The molecule has 0 aliphatic heterocycles. The number of hydrogen-bond acceptors (Lipinski definition) is 7. The third-order valence-corrected chi connectivity index (χ3v) is 5.05. The van der Waals surface area contributed by atoms with Crippen LogP contribution in [0.4, 0.5) is 10.1 Å². The van der Waals surface area contributed by atoms with Crippen LogP contribution in [0.15, 0.2) is 27.6 Å². The first-order valence-corrected chi connectivity index (χ1v) is 9.22. The number of nitrogens with zero attached hydrogens (tertiary/aromatic N) is 1. The van der Waals surface area contributed by atoms with Crippen LogP contribution in [0.3, 0.4) is 0 Å². The largest absolute Gasteiger partial charge is 0.455 e. The van der Waals surface area contributed by atoms with Gasteiger partial charge in [0.15, 0.2) is 12.4 Å². The van der Waals surface area contributed by atoms with E-state index in [1.54, 1.807) is 13.0 Å². The minimum Gasteiger partial charge on any atom is -0.455 e. The summed E-state index contributed by atoms with van der Waals surface area (Å²) < 4.78 is 49.4. The minimum absolute atomic E-state index is 0.0549. The van der Waals surface area contributed by atoms with Crippen molar-refractivity contribution in [3.05, 3.63) is 41.0 Å². The molecule has 9 nitrogen and oxygen atoms in total. The number of benzene rings is 1. The summed E-state index contributed by atoms with van der Waals surface area (Å²) >= 11 is 0. The van der Waals surface area contributed by atoms with E-state index < -0.39 is 40.9 Å². The Bertz CT molecular complexity index is 951. The van der Waals surface area contributed by atoms with Gasteiger partial charge in [0, 0.05) is 0 Å². The lowest BCUT2D eigenvalue weighted by Crippen LogP contribution is -2.32. The highest BCUT2D eigenvalue weighted by molar-refractivity contribution is 7.89. The number of sulfonamides is 1. The first-order chi connectivity index (χ1) is 12.6. The molecule has 2 aromatic rings. The lowest BCUT2D eigenvalue weighted by molar-refractivity contribution is -0.146. The van der Waals surface area contributed by atoms with E-state index in [2.05, 4.69) is 15.2 Å². The predicted molar refractivity (Wildman–Crippen MR) is 91.9 cm³/mol. The summed E-state index contributed by atoms with van der Waals surface area (Å²) in [6, 6.07) is 4.22. The highest BCUT2D eigenvalue weighted by Crippen LogP contribution is 2.18. The third kappa shape index (κ3) is 5.34. The quantitative estimate of drug-likeness (QED) is 0.670. The zero-order valence-corrected chi connectivity index (χ0v) is 15.6. The van der Waals surface area contributed by atoms with Gasteiger partial charge in [0.2, 0.25) is 10.0 Å². The zero-order valence-electron chi connectivity index (χ0n) is 14.8. The Morgan fingerprint density at radius 3 is 2.56 bits per heavy atom. The fourth-order valence-electron chi connectivity index (χ4n) is 2.19. The van der Waals surface area contributed by atoms with Crippen molar-refractivity contribution < 1.29 is 31.7 Å². The van der Waals surface area contributed by atoms with E-state index in [1.807, 2.05) is 4.72 Å². The van der Waals surface area contributed by atoms with Crippen molar-refractivity contribution in [3.63, 3.8) is 0 Å². The van der Waals surface area contributed by atoms with E-state index in [1.165, 1.54) is 26.0 Å². The maximum Gasteiger partial charge on any atom is 0.321 e. The van der Waals surface area contributed by atoms with Crippen molar-refractivity contribution in [1.29, 1.82) is 0 Å². The Morgan fingerprint density at radius 2 is 1.96 bits per heavy atom. The normalized spacial score (nSPS) is 11.3. The zero-order chi connectivity index (χ0) is 20.2. The van der Waals surface area contributed by atoms with E-state index in [-0.39, 0.29) is 22.0 Å². The van der Waals surface area contributed by atoms with Crippen LogP contribution in [-0.2, 0) is 24.3 Å². The van der Waals surface area contributed by atoms with Crippen molar-refractivity contribution in [2.45, 2.75) is 25.7 Å². The van der Waals surface area contributed by atoms with Crippen molar-refractivity contribution in [3.8, 4) is 0 Å². The number of aromatic nitrogens is 1. The van der Waals surface area contributed by atoms with Crippen molar-refractivity contribution in [2.75, 3.05) is 18.5 Å². The molecular formula is C16H18FN3O6S. The Kier molecular flexibility index (Phi) is 6.28. The molecule has 0 aliphatic carbocycles. The number of ether oxygens (including phenoxy) is 1. The number of esters is 1. The molecule has 0 spiro atoms. The van der Waals surface area contributed by atoms with E-state index in [9.17, 15) is 22.4 Å². The van der Waals surface area contributed by atoms with Gasteiger partial charge in [0.1, 0.15) is 23.0 Å². The highest BCUT2D eigenvalue weighted by atomic mass is 32.2. The third-order valence-electron chi connectivity index (χ3n) is 3.41. The van der Waals surface area contributed by atoms with Crippen molar-refractivity contribution in [2.24, 2.45) is 0 Å². The van der Waals surface area contributed by atoms with Gasteiger partial charge in [-0.3, -0.25) is 9.59 Å². The lowest BCUT2D eigenvalue weighted by Gasteiger charge is -2.09. The summed E-state index contributed by atoms with van der Waals surface area (Å²) in [6.45, 7) is 3.16. The van der Waals surface area contributed by atoms with Crippen LogP contribution in [0.1, 0.15) is 17.0 Å². The molecule has 2 rings (SSSR count). The second kappa shape index (κ2) is 8.27. The molecule has 1 aromatic heterocycles. The summed E-state index contributed by atoms with van der Waals surface area (Å²) in [7, 11) is -4.03. The first-order valence-electron chi connectivity index (χ1n) is 7.74. The van der Waals surface area contributed by atoms with Crippen LogP contribution >= 0.6 is 0 Å². The molecule has 0 atom stereocenters. The molecule has 146 valence electrons. The molecule has 0 aliphatic rings. The molecule has 27 heavy (non-hydrogen) atoms. The van der Waals surface area contributed by atoms with Crippen molar-refractivity contribution in [1.82, 2.24) is 9.88 Å². The predicted octanol–water partition coefficient (Wildman–Crippen LogP) is 1.20. The average molecular weight is 399 g/mol. The van der Waals surface area contributed by atoms with Gasteiger partial charge in [0.25, 0.3) is 5.91 Å². The van der Waals surface area contributed by atoms with Crippen LogP contribution in [0.5, 0.6) is 0 Å². The van der Waals surface area contributed by atoms with Gasteiger partial charge < -0.3 is 14.6 Å². The van der Waals surface area contributed by atoms with E-state index in [0.717, 1.165) is 0 Å². The van der Waals surface area contributed by atoms with Crippen LogP contribution in [0, 0.1) is 26.6 Å². The number of nitrogens with one attached hydrogen (secondary N) is 2. The lowest BCUT2D eigenvalue weighted by atomic mass is 10.2. The number of carbonyl (C=O) groups is 2. The fourth-order valence-corrected chi connectivity index (χ4v) is 3.48. The van der Waals surface area contributed by atoms with Gasteiger partial charge in [-0.05, 0) is 38.5 Å². The maximum absolute atomic E-state index is 13.6. The molecule has 0 saturated heterocycles. The van der Waals surface area contributed by atoms with Crippen LogP contribution < -0.4 is 10.0 Å². The van der Waals surface area contributed by atoms with E-state index in [0.29, 0.717) is 5.56 Å². The molecule has 0 bridgehead atoms. The standard InChI is InChI=1S/C16H18FN3O6S/c1-9-4-5-13(12(17)6-9)19-14(21)8-25-15(22)7-18-27(23,24)16-10(2)20-26-11(16)3/h4-6,18H,7-8H2,1-3H3,(H,19,21). The molecule has 2 N–H and O–H groups in total. The first kappa shape index (κ1) is 20.5. The summed E-state index contributed by atoms with van der Waals surface area (Å²) in [4.78, 5) is 23.2. The molecule has 0 fully saturated rings. The van der Waals surface area contributed by atoms with Gasteiger partial charge in [-0.25, -0.2) is 12.8 Å². The minimum atomic E-state index is -4.03. The van der Waals surface area contributed by atoms with Gasteiger partial charge in [-0.15, -0.1) is 0 Å². The Hall–Kier alpha value is -2.79. The molecule has 0 radical (unpaired) electrons. The van der Waals surface area contributed by atoms with Gasteiger partial charge in [0.05, 0.1) is 5.69 Å². The molecule has 0 saturated carbocycles. The van der Waals surface area contributed by atoms with Crippen molar-refractivity contribution >= 4 is 27.6 Å². The monoisotopic (exact) mass is 399 g/mol. The number of amides is 1. The Labute approximate surface area is 154 Å².